The maximum Gasteiger partial charge on any atom is 0.313 e. The summed E-state index contributed by atoms with van der Waals surface area (Å²) in [5.74, 6) is 0.151. The molecule has 0 amide bonds. The SMILES string of the molecule is COC(=O)[C@@]12CCC(O)C[C@H]1CCN(Cc1ccccc1)C2. The summed E-state index contributed by atoms with van der Waals surface area (Å²) in [5.41, 5.74) is 0.845. The molecule has 3 atom stereocenters. The Morgan fingerprint density at radius 3 is 2.86 bits per heavy atom. The number of likely N-dealkylation sites (tertiary alicyclic amines) is 1. The van der Waals surface area contributed by atoms with Gasteiger partial charge in [0.05, 0.1) is 18.6 Å². The second-order valence-corrected chi connectivity index (χ2v) is 6.76. The molecule has 0 spiro atoms. The van der Waals surface area contributed by atoms with Gasteiger partial charge in [-0.1, -0.05) is 30.3 Å². The number of esters is 1. The Morgan fingerprint density at radius 2 is 2.14 bits per heavy atom. The minimum Gasteiger partial charge on any atom is -0.469 e. The van der Waals surface area contributed by atoms with Gasteiger partial charge in [-0.25, -0.2) is 0 Å². The lowest BCUT2D eigenvalue weighted by Gasteiger charge is -2.49. The van der Waals surface area contributed by atoms with Crippen LogP contribution in [0.15, 0.2) is 30.3 Å². The number of nitrogens with zero attached hydrogens (tertiary/aromatic N) is 1. The number of aliphatic hydroxyl groups is 1. The number of benzene rings is 1. The first-order chi connectivity index (χ1) is 10.6. The second-order valence-electron chi connectivity index (χ2n) is 6.76. The van der Waals surface area contributed by atoms with Crippen molar-refractivity contribution in [3.8, 4) is 0 Å². The van der Waals surface area contributed by atoms with Crippen LogP contribution in [-0.4, -0.2) is 42.3 Å². The predicted molar refractivity (Wildman–Crippen MR) is 84.1 cm³/mol. The molecule has 0 radical (unpaired) electrons. The Morgan fingerprint density at radius 1 is 1.36 bits per heavy atom. The molecule has 2 aliphatic rings. The van der Waals surface area contributed by atoms with E-state index in [0.717, 1.165) is 38.9 Å². The van der Waals surface area contributed by atoms with Crippen LogP contribution < -0.4 is 0 Å². The predicted octanol–water partition coefficient (Wildman–Crippen LogP) is 2.21. The fourth-order valence-corrected chi connectivity index (χ4v) is 4.23. The highest BCUT2D eigenvalue weighted by Gasteiger charge is 2.52. The van der Waals surface area contributed by atoms with Gasteiger partial charge in [-0.3, -0.25) is 9.69 Å². The fourth-order valence-electron chi connectivity index (χ4n) is 4.23. The molecule has 4 nitrogen and oxygen atoms in total. The average molecular weight is 303 g/mol. The number of aliphatic hydroxyl groups excluding tert-OH is 1. The van der Waals surface area contributed by atoms with Gasteiger partial charge in [-0.05, 0) is 43.7 Å². The van der Waals surface area contributed by atoms with Gasteiger partial charge in [-0.2, -0.15) is 0 Å². The van der Waals surface area contributed by atoms with Crippen molar-refractivity contribution < 1.29 is 14.6 Å². The van der Waals surface area contributed by atoms with Crippen LogP contribution in [0.4, 0.5) is 0 Å². The minimum absolute atomic E-state index is 0.0952. The van der Waals surface area contributed by atoms with Crippen LogP contribution in [-0.2, 0) is 16.1 Å². The number of methoxy groups -OCH3 is 1. The third-order valence-electron chi connectivity index (χ3n) is 5.40. The van der Waals surface area contributed by atoms with Crippen molar-refractivity contribution in [3.63, 3.8) is 0 Å². The van der Waals surface area contributed by atoms with Crippen molar-refractivity contribution in [3.05, 3.63) is 35.9 Å². The van der Waals surface area contributed by atoms with E-state index in [9.17, 15) is 9.90 Å². The highest BCUT2D eigenvalue weighted by molar-refractivity contribution is 5.78. The molecule has 3 rings (SSSR count). The first-order valence-corrected chi connectivity index (χ1v) is 8.17. The summed E-state index contributed by atoms with van der Waals surface area (Å²) >= 11 is 0. The molecule has 0 bridgehead atoms. The van der Waals surface area contributed by atoms with Crippen LogP contribution >= 0.6 is 0 Å². The number of ether oxygens (including phenoxy) is 1. The van der Waals surface area contributed by atoms with Gasteiger partial charge in [0.15, 0.2) is 0 Å². The van der Waals surface area contributed by atoms with Crippen molar-refractivity contribution in [2.24, 2.45) is 11.3 Å². The first-order valence-electron chi connectivity index (χ1n) is 8.17. The van der Waals surface area contributed by atoms with E-state index in [-0.39, 0.29) is 18.0 Å². The number of carbonyl (C=O) groups is 1. The van der Waals surface area contributed by atoms with E-state index in [4.69, 9.17) is 4.74 Å². The van der Waals surface area contributed by atoms with Crippen LogP contribution in [0.25, 0.3) is 0 Å². The number of hydrogen-bond acceptors (Lipinski definition) is 4. The van der Waals surface area contributed by atoms with Gasteiger partial charge in [0.1, 0.15) is 0 Å². The number of piperidine rings is 1. The fraction of sp³-hybridized carbons (Fsp3) is 0.611. The highest BCUT2D eigenvalue weighted by atomic mass is 16.5. The highest BCUT2D eigenvalue weighted by Crippen LogP contribution is 2.47. The molecule has 1 aromatic carbocycles. The molecule has 1 aliphatic carbocycles. The molecule has 1 N–H and O–H groups in total. The van der Waals surface area contributed by atoms with Gasteiger partial charge in [-0.15, -0.1) is 0 Å². The molecule has 2 fully saturated rings. The zero-order chi connectivity index (χ0) is 15.6. The van der Waals surface area contributed by atoms with E-state index in [1.54, 1.807) is 0 Å². The maximum absolute atomic E-state index is 12.5. The van der Waals surface area contributed by atoms with E-state index >= 15 is 0 Å². The summed E-state index contributed by atoms with van der Waals surface area (Å²) in [4.78, 5) is 14.9. The van der Waals surface area contributed by atoms with E-state index in [0.29, 0.717) is 6.42 Å². The van der Waals surface area contributed by atoms with Gasteiger partial charge in [0.25, 0.3) is 0 Å². The molecule has 1 heterocycles. The molecule has 1 aromatic rings. The van der Waals surface area contributed by atoms with Gasteiger partial charge < -0.3 is 9.84 Å². The normalized spacial score (nSPS) is 32.3. The van der Waals surface area contributed by atoms with Crippen LogP contribution in [0.5, 0.6) is 0 Å². The Labute approximate surface area is 132 Å². The van der Waals surface area contributed by atoms with Gasteiger partial charge >= 0.3 is 5.97 Å². The summed E-state index contributed by atoms with van der Waals surface area (Å²) in [7, 11) is 1.48. The summed E-state index contributed by atoms with van der Waals surface area (Å²) in [6.45, 7) is 2.59. The van der Waals surface area contributed by atoms with E-state index in [1.165, 1.54) is 12.7 Å². The molecule has 1 unspecified atom stereocenters. The first kappa shape index (κ1) is 15.5. The third kappa shape index (κ3) is 2.90. The topological polar surface area (TPSA) is 49.8 Å². The lowest BCUT2D eigenvalue weighted by molar-refractivity contribution is -0.168. The second kappa shape index (κ2) is 6.39. The van der Waals surface area contributed by atoms with Gasteiger partial charge in [0.2, 0.25) is 0 Å². The van der Waals surface area contributed by atoms with Crippen molar-refractivity contribution >= 4 is 5.97 Å². The van der Waals surface area contributed by atoms with E-state index in [2.05, 4.69) is 29.2 Å². The van der Waals surface area contributed by atoms with Crippen LogP contribution in [0.1, 0.15) is 31.2 Å². The van der Waals surface area contributed by atoms with Crippen molar-refractivity contribution in [2.75, 3.05) is 20.2 Å². The van der Waals surface area contributed by atoms with E-state index < -0.39 is 5.41 Å². The molecule has 1 saturated heterocycles. The summed E-state index contributed by atoms with van der Waals surface area (Å²) in [5, 5.41) is 9.95. The van der Waals surface area contributed by atoms with Crippen molar-refractivity contribution in [1.29, 1.82) is 0 Å². The Bertz CT molecular complexity index is 518. The van der Waals surface area contributed by atoms with Gasteiger partial charge in [0, 0.05) is 13.1 Å². The molecule has 22 heavy (non-hydrogen) atoms. The standard InChI is InChI=1S/C18H25NO3/c1-22-17(21)18-9-7-16(20)11-15(18)8-10-19(13-18)12-14-5-3-2-4-6-14/h2-6,15-16,20H,7-13H2,1H3/t15-,16?,18-/m1/s1. The molecule has 1 saturated carbocycles. The summed E-state index contributed by atoms with van der Waals surface area (Å²) in [6, 6.07) is 10.4. The van der Waals surface area contributed by atoms with E-state index in [1.807, 2.05) is 6.07 Å². The Hall–Kier alpha value is -1.39. The largest absolute Gasteiger partial charge is 0.469 e. The molecular formula is C18H25NO3. The molecular weight excluding hydrogens is 278 g/mol. The minimum atomic E-state index is -0.430. The van der Waals surface area contributed by atoms with Crippen LogP contribution in [0.2, 0.25) is 0 Å². The zero-order valence-corrected chi connectivity index (χ0v) is 13.2. The quantitative estimate of drug-likeness (QED) is 0.870. The number of hydrogen-bond donors (Lipinski definition) is 1. The molecule has 0 aromatic heterocycles. The Balaban J connectivity index is 1.77. The maximum atomic E-state index is 12.5. The smallest absolute Gasteiger partial charge is 0.313 e. The Kier molecular flexibility index (Phi) is 4.50. The lowest BCUT2D eigenvalue weighted by Crippen LogP contribution is -2.56. The number of carbonyl (C=O) groups excluding carboxylic acids is 1. The van der Waals surface area contributed by atoms with Crippen molar-refractivity contribution in [2.45, 2.75) is 38.3 Å². The molecule has 120 valence electrons. The lowest BCUT2D eigenvalue weighted by atomic mass is 9.62. The molecule has 1 aliphatic heterocycles. The monoisotopic (exact) mass is 303 g/mol. The van der Waals surface area contributed by atoms with Crippen LogP contribution in [0, 0.1) is 11.3 Å². The zero-order valence-electron chi connectivity index (χ0n) is 13.2. The molecule has 4 heteroatoms. The third-order valence-corrected chi connectivity index (χ3v) is 5.40. The summed E-state index contributed by atoms with van der Waals surface area (Å²) in [6.07, 6.45) is 2.86. The average Bonchev–Trinajstić information content (AvgIpc) is 2.55. The number of rotatable bonds is 3. The summed E-state index contributed by atoms with van der Waals surface area (Å²) < 4.78 is 5.14. The van der Waals surface area contributed by atoms with Crippen LogP contribution in [0.3, 0.4) is 0 Å². The van der Waals surface area contributed by atoms with Crippen molar-refractivity contribution in [1.82, 2.24) is 4.90 Å². The number of fused-ring (bicyclic) bond motifs is 1.